The van der Waals surface area contributed by atoms with Gasteiger partial charge >= 0.3 is 5.97 Å². The largest absolute Gasteiger partial charge is 0.427 e. The molecule has 0 bridgehead atoms. The highest BCUT2D eigenvalue weighted by Gasteiger charge is 2.26. The average molecular weight is 426 g/mol. The molecule has 1 unspecified atom stereocenters. The van der Waals surface area contributed by atoms with Crippen molar-refractivity contribution >= 4 is 23.3 Å². The number of ether oxygens (including phenoxy) is 1. The number of ketones is 1. The maximum absolute atomic E-state index is 12.9. The molecule has 2 rings (SSSR count). The van der Waals surface area contributed by atoms with Crippen molar-refractivity contribution in [3.63, 3.8) is 0 Å². The van der Waals surface area contributed by atoms with Crippen molar-refractivity contribution in [1.82, 2.24) is 5.32 Å². The zero-order valence-corrected chi connectivity index (χ0v) is 17.6. The lowest BCUT2D eigenvalue weighted by Crippen LogP contribution is -2.30. The van der Waals surface area contributed by atoms with Crippen LogP contribution >= 0.6 is 0 Å². The van der Waals surface area contributed by atoms with E-state index in [1.54, 1.807) is 19.1 Å². The molecule has 0 saturated heterocycles. The lowest BCUT2D eigenvalue weighted by molar-refractivity contribution is -0.385. The third kappa shape index (κ3) is 7.02. The number of Topliss-reactive ketones (excluding diaryl/α,β-unsaturated/α-hetero) is 1. The molecule has 1 amide bonds. The molecule has 2 aromatic carbocycles. The van der Waals surface area contributed by atoms with Gasteiger partial charge in [0, 0.05) is 30.9 Å². The molecule has 31 heavy (non-hydrogen) atoms. The lowest BCUT2D eigenvalue weighted by Gasteiger charge is -2.19. The van der Waals surface area contributed by atoms with Gasteiger partial charge in [-0.3, -0.25) is 24.5 Å². The number of nitro benzene ring substituents is 1. The number of benzene rings is 2. The monoisotopic (exact) mass is 426 g/mol. The van der Waals surface area contributed by atoms with Crippen LogP contribution in [0.2, 0.25) is 0 Å². The lowest BCUT2D eigenvalue weighted by atomic mass is 9.96. The molecular weight excluding hydrogens is 400 g/mol. The van der Waals surface area contributed by atoms with Crippen molar-refractivity contribution < 1.29 is 24.0 Å². The molecule has 1 atom stereocenters. The third-order valence-electron chi connectivity index (χ3n) is 4.69. The second-order valence-corrected chi connectivity index (χ2v) is 7.02. The summed E-state index contributed by atoms with van der Waals surface area (Å²) in [5, 5.41) is 14.2. The van der Waals surface area contributed by atoms with Crippen LogP contribution in [0.25, 0.3) is 0 Å². The van der Waals surface area contributed by atoms with Crippen molar-refractivity contribution in [2.75, 3.05) is 0 Å². The molecule has 8 heteroatoms. The Hall–Kier alpha value is -3.55. The Kier molecular flexibility index (Phi) is 8.87. The number of hydrogen-bond donors (Lipinski definition) is 1. The maximum atomic E-state index is 12.9. The van der Waals surface area contributed by atoms with E-state index >= 15 is 0 Å². The molecule has 0 spiro atoms. The van der Waals surface area contributed by atoms with Crippen LogP contribution in [0, 0.1) is 10.1 Å². The summed E-state index contributed by atoms with van der Waals surface area (Å²) in [4.78, 5) is 47.5. The average Bonchev–Trinajstić information content (AvgIpc) is 2.77. The zero-order valence-electron chi connectivity index (χ0n) is 17.6. The predicted octanol–water partition coefficient (Wildman–Crippen LogP) is 4.53. The second kappa shape index (κ2) is 11.6. The van der Waals surface area contributed by atoms with E-state index in [0.29, 0.717) is 17.7 Å². The Morgan fingerprint density at radius 1 is 1.06 bits per heavy atom. The highest BCUT2D eigenvalue weighted by molar-refractivity contribution is 5.97. The van der Waals surface area contributed by atoms with Crippen LogP contribution in [-0.2, 0) is 9.59 Å². The molecule has 0 aliphatic rings. The van der Waals surface area contributed by atoms with Gasteiger partial charge in [-0.15, -0.1) is 0 Å². The van der Waals surface area contributed by atoms with Crippen molar-refractivity contribution in [3.8, 4) is 5.75 Å². The van der Waals surface area contributed by atoms with Gasteiger partial charge in [0.2, 0.25) is 5.91 Å². The molecule has 0 fully saturated rings. The number of nitro groups is 1. The van der Waals surface area contributed by atoms with Crippen molar-refractivity contribution in [2.45, 2.75) is 52.0 Å². The highest BCUT2D eigenvalue weighted by Crippen LogP contribution is 2.28. The smallest absolute Gasteiger partial charge is 0.310 e. The summed E-state index contributed by atoms with van der Waals surface area (Å²) < 4.78 is 5.10. The number of rotatable bonds is 11. The van der Waals surface area contributed by atoms with Gasteiger partial charge in [0.05, 0.1) is 16.5 Å². The first-order valence-electron chi connectivity index (χ1n) is 10.2. The van der Waals surface area contributed by atoms with Crippen molar-refractivity contribution in [1.29, 1.82) is 0 Å². The maximum Gasteiger partial charge on any atom is 0.310 e. The molecule has 8 nitrogen and oxygen atoms in total. The first-order chi connectivity index (χ1) is 14.8. The Morgan fingerprint density at radius 2 is 1.74 bits per heavy atom. The summed E-state index contributed by atoms with van der Waals surface area (Å²) in [6, 6.07) is 11.3. The van der Waals surface area contributed by atoms with Gasteiger partial charge in [-0.1, -0.05) is 38.5 Å². The topological polar surface area (TPSA) is 116 Å². The fourth-order valence-corrected chi connectivity index (χ4v) is 3.01. The van der Waals surface area contributed by atoms with E-state index in [0.717, 1.165) is 6.42 Å². The van der Waals surface area contributed by atoms with Crippen molar-refractivity contribution in [2.24, 2.45) is 0 Å². The molecule has 0 aromatic heterocycles. The minimum atomic E-state index is -0.837. The van der Waals surface area contributed by atoms with Gasteiger partial charge in [0.15, 0.2) is 5.78 Å². The number of nitrogens with one attached hydrogen (secondary N) is 1. The van der Waals surface area contributed by atoms with Crippen LogP contribution in [0.3, 0.4) is 0 Å². The Bertz CT molecular complexity index is 939. The summed E-state index contributed by atoms with van der Waals surface area (Å²) in [6.07, 6.45) is 1.88. The van der Waals surface area contributed by atoms with E-state index in [1.807, 2.05) is 6.92 Å². The number of amides is 1. The third-order valence-corrected chi connectivity index (χ3v) is 4.69. The van der Waals surface area contributed by atoms with Crippen LogP contribution in [0.1, 0.15) is 67.9 Å². The fourth-order valence-electron chi connectivity index (χ4n) is 3.01. The van der Waals surface area contributed by atoms with Gasteiger partial charge in [-0.05, 0) is 30.7 Å². The molecule has 164 valence electrons. The molecule has 0 saturated carbocycles. The Balaban J connectivity index is 2.24. The van der Waals surface area contributed by atoms with E-state index in [-0.39, 0.29) is 48.2 Å². The van der Waals surface area contributed by atoms with Crippen LogP contribution in [-0.4, -0.2) is 22.6 Å². The first kappa shape index (κ1) is 23.7. The van der Waals surface area contributed by atoms with Crippen LogP contribution in [0.4, 0.5) is 5.69 Å². The van der Waals surface area contributed by atoms with Crippen LogP contribution in [0.15, 0.2) is 48.5 Å². The van der Waals surface area contributed by atoms with Gasteiger partial charge < -0.3 is 10.1 Å². The van der Waals surface area contributed by atoms with E-state index in [1.165, 1.54) is 36.4 Å². The molecule has 0 aliphatic heterocycles. The SMILES string of the molecule is CCCCC(=O)NC(CC(=O)c1ccc(OC(=O)CC)cc1)c1ccccc1[N+](=O)[O-]. The number of unbranched alkanes of at least 4 members (excludes halogenated alkanes) is 1. The molecule has 1 N–H and O–H groups in total. The van der Waals surface area contributed by atoms with Crippen molar-refractivity contribution in [3.05, 3.63) is 69.8 Å². The minimum Gasteiger partial charge on any atom is -0.427 e. The summed E-state index contributed by atoms with van der Waals surface area (Å²) in [7, 11) is 0. The quantitative estimate of drug-likeness (QED) is 0.186. The Labute approximate surface area is 180 Å². The van der Waals surface area contributed by atoms with Gasteiger partial charge in [0.1, 0.15) is 5.75 Å². The number of carbonyl (C=O) groups excluding carboxylic acids is 3. The first-order valence-corrected chi connectivity index (χ1v) is 10.2. The van der Waals surface area contributed by atoms with Gasteiger partial charge in [-0.25, -0.2) is 0 Å². The van der Waals surface area contributed by atoms with Crippen LogP contribution < -0.4 is 10.1 Å². The molecule has 0 radical (unpaired) electrons. The summed E-state index contributed by atoms with van der Waals surface area (Å²) in [6.45, 7) is 3.63. The number of carbonyl (C=O) groups is 3. The number of para-hydroxylation sites is 1. The second-order valence-electron chi connectivity index (χ2n) is 7.02. The number of nitrogens with zero attached hydrogens (tertiary/aromatic N) is 1. The number of hydrogen-bond acceptors (Lipinski definition) is 6. The van der Waals surface area contributed by atoms with E-state index in [2.05, 4.69) is 5.32 Å². The standard InChI is InChI=1S/C23H26N2O6/c1-3-5-10-22(27)24-19(18-8-6-7-9-20(18)25(29)30)15-21(26)16-11-13-17(14-12-16)31-23(28)4-2/h6-9,11-14,19H,3-5,10,15H2,1-2H3,(H,24,27). The predicted molar refractivity (Wildman–Crippen MR) is 115 cm³/mol. The fraction of sp³-hybridized carbons (Fsp3) is 0.348. The van der Waals surface area contributed by atoms with Gasteiger partial charge in [-0.2, -0.15) is 0 Å². The summed E-state index contributed by atoms with van der Waals surface area (Å²) in [5.41, 5.74) is 0.472. The summed E-state index contributed by atoms with van der Waals surface area (Å²) in [5.74, 6) is -0.622. The zero-order chi connectivity index (χ0) is 22.8. The molecule has 2 aromatic rings. The highest BCUT2D eigenvalue weighted by atomic mass is 16.6. The van der Waals surface area contributed by atoms with Gasteiger partial charge in [0.25, 0.3) is 5.69 Å². The summed E-state index contributed by atoms with van der Waals surface area (Å²) >= 11 is 0. The van der Waals surface area contributed by atoms with E-state index in [4.69, 9.17) is 4.74 Å². The Morgan fingerprint density at radius 3 is 2.35 bits per heavy atom. The van der Waals surface area contributed by atoms with E-state index < -0.39 is 11.0 Å². The number of esters is 1. The normalized spacial score (nSPS) is 11.4. The molecule has 0 aliphatic carbocycles. The molecule has 0 heterocycles. The molecular formula is C23H26N2O6. The van der Waals surface area contributed by atoms with Crippen LogP contribution in [0.5, 0.6) is 5.75 Å². The van der Waals surface area contributed by atoms with E-state index in [9.17, 15) is 24.5 Å². The minimum absolute atomic E-state index is 0.142.